The van der Waals surface area contributed by atoms with Gasteiger partial charge in [-0.05, 0) is 11.6 Å². The second-order valence-corrected chi connectivity index (χ2v) is 4.67. The van der Waals surface area contributed by atoms with Crippen molar-refractivity contribution in [3.05, 3.63) is 59.0 Å². The minimum atomic E-state index is -0.491. The van der Waals surface area contributed by atoms with Crippen molar-refractivity contribution in [2.75, 3.05) is 12.3 Å². The number of alkyl carbamates (subject to hydrolysis) is 1. The van der Waals surface area contributed by atoms with Gasteiger partial charge in [-0.15, -0.1) is 0 Å². The molecule has 0 saturated heterocycles. The topological polar surface area (TPSA) is 90.1 Å². The number of rotatable bonds is 5. The smallest absolute Gasteiger partial charge is 0.407 e. The standard InChI is InChI=1S/C15H15ClN4O2/c16-13-14(17)19-9-12(20-13)7-4-8-18-15(21)22-10-11-5-2-1-3-6-11/h1-7,9H,8,10H2,(H2,17,19)(H,18,21). The molecule has 1 amide bonds. The fourth-order valence-electron chi connectivity index (χ4n) is 1.56. The van der Waals surface area contributed by atoms with Crippen molar-refractivity contribution in [3.8, 4) is 0 Å². The van der Waals surface area contributed by atoms with Crippen LogP contribution in [0.3, 0.4) is 0 Å². The first kappa shape index (κ1) is 15.8. The van der Waals surface area contributed by atoms with Crippen LogP contribution in [0.1, 0.15) is 11.3 Å². The monoisotopic (exact) mass is 318 g/mol. The molecule has 0 atom stereocenters. The van der Waals surface area contributed by atoms with Gasteiger partial charge in [0.2, 0.25) is 0 Å². The van der Waals surface area contributed by atoms with Crippen LogP contribution in [0.2, 0.25) is 5.15 Å². The minimum absolute atomic E-state index is 0.150. The van der Waals surface area contributed by atoms with Crippen LogP contribution in [0.4, 0.5) is 10.6 Å². The lowest BCUT2D eigenvalue weighted by molar-refractivity contribution is 0.141. The largest absolute Gasteiger partial charge is 0.445 e. The van der Waals surface area contributed by atoms with Gasteiger partial charge in [0.25, 0.3) is 0 Å². The van der Waals surface area contributed by atoms with E-state index in [1.165, 1.54) is 6.20 Å². The van der Waals surface area contributed by atoms with Crippen LogP contribution in [-0.2, 0) is 11.3 Å². The summed E-state index contributed by atoms with van der Waals surface area (Å²) in [7, 11) is 0. The number of nitrogens with two attached hydrogens (primary N) is 1. The van der Waals surface area contributed by atoms with Gasteiger partial charge in [-0.3, -0.25) is 0 Å². The molecule has 1 aromatic heterocycles. The number of ether oxygens (including phenoxy) is 1. The third-order valence-electron chi connectivity index (χ3n) is 2.64. The molecular weight excluding hydrogens is 304 g/mol. The Morgan fingerprint density at radius 1 is 1.36 bits per heavy atom. The van der Waals surface area contributed by atoms with E-state index in [2.05, 4.69) is 15.3 Å². The van der Waals surface area contributed by atoms with Crippen LogP contribution in [0.5, 0.6) is 0 Å². The molecule has 0 saturated carbocycles. The summed E-state index contributed by atoms with van der Waals surface area (Å²) < 4.78 is 5.07. The number of benzene rings is 1. The molecule has 2 aromatic rings. The van der Waals surface area contributed by atoms with Crippen molar-refractivity contribution < 1.29 is 9.53 Å². The van der Waals surface area contributed by atoms with E-state index in [-0.39, 0.29) is 17.6 Å². The van der Waals surface area contributed by atoms with E-state index in [0.29, 0.717) is 12.2 Å². The zero-order chi connectivity index (χ0) is 15.8. The van der Waals surface area contributed by atoms with Crippen LogP contribution in [0, 0.1) is 0 Å². The first-order chi connectivity index (χ1) is 10.6. The fourth-order valence-corrected chi connectivity index (χ4v) is 1.71. The summed E-state index contributed by atoms with van der Waals surface area (Å²) >= 11 is 5.75. The number of anilines is 1. The molecule has 0 aliphatic heterocycles. The molecule has 0 aliphatic rings. The molecule has 114 valence electrons. The lowest BCUT2D eigenvalue weighted by atomic mass is 10.2. The number of aromatic nitrogens is 2. The van der Waals surface area contributed by atoms with Gasteiger partial charge in [-0.1, -0.05) is 48.0 Å². The Kier molecular flexibility index (Phi) is 5.73. The van der Waals surface area contributed by atoms with Gasteiger partial charge >= 0.3 is 6.09 Å². The van der Waals surface area contributed by atoms with Gasteiger partial charge in [0, 0.05) is 6.54 Å². The first-order valence-electron chi connectivity index (χ1n) is 6.54. The Morgan fingerprint density at radius 2 is 2.14 bits per heavy atom. The number of nitrogens with one attached hydrogen (secondary N) is 1. The minimum Gasteiger partial charge on any atom is -0.445 e. The predicted molar refractivity (Wildman–Crippen MR) is 85.1 cm³/mol. The van der Waals surface area contributed by atoms with Crippen molar-refractivity contribution in [3.63, 3.8) is 0 Å². The molecule has 0 radical (unpaired) electrons. The predicted octanol–water partition coefficient (Wildman–Crippen LogP) is 2.65. The first-order valence-corrected chi connectivity index (χ1v) is 6.92. The maximum Gasteiger partial charge on any atom is 0.407 e. The highest BCUT2D eigenvalue weighted by Crippen LogP contribution is 2.12. The van der Waals surface area contributed by atoms with Crippen molar-refractivity contribution in [1.82, 2.24) is 15.3 Å². The van der Waals surface area contributed by atoms with E-state index in [0.717, 1.165) is 5.56 Å². The highest BCUT2D eigenvalue weighted by Gasteiger charge is 2.01. The zero-order valence-corrected chi connectivity index (χ0v) is 12.5. The van der Waals surface area contributed by atoms with Crippen LogP contribution in [-0.4, -0.2) is 22.6 Å². The second-order valence-electron chi connectivity index (χ2n) is 4.32. The molecule has 22 heavy (non-hydrogen) atoms. The molecule has 1 heterocycles. The molecular formula is C15H15ClN4O2. The van der Waals surface area contributed by atoms with Crippen LogP contribution >= 0.6 is 11.6 Å². The number of carbonyl (C=O) groups is 1. The van der Waals surface area contributed by atoms with E-state index in [9.17, 15) is 4.79 Å². The summed E-state index contributed by atoms with van der Waals surface area (Å²) in [5, 5.41) is 2.75. The molecule has 0 aliphatic carbocycles. The molecule has 0 fully saturated rings. The Labute approximate surface area is 133 Å². The highest BCUT2D eigenvalue weighted by atomic mass is 35.5. The highest BCUT2D eigenvalue weighted by molar-refractivity contribution is 6.31. The molecule has 0 unspecified atom stereocenters. The Morgan fingerprint density at radius 3 is 2.86 bits per heavy atom. The number of nitrogens with zero attached hydrogens (tertiary/aromatic N) is 2. The Hall–Kier alpha value is -2.60. The summed E-state index contributed by atoms with van der Waals surface area (Å²) in [5.74, 6) is 0.182. The molecule has 6 nitrogen and oxygen atoms in total. The second kappa shape index (κ2) is 7.99. The zero-order valence-electron chi connectivity index (χ0n) is 11.7. The van der Waals surface area contributed by atoms with Gasteiger partial charge in [-0.2, -0.15) is 0 Å². The van der Waals surface area contributed by atoms with E-state index >= 15 is 0 Å². The van der Waals surface area contributed by atoms with Crippen LogP contribution in [0.15, 0.2) is 42.6 Å². The van der Waals surface area contributed by atoms with Crippen molar-refractivity contribution in [1.29, 1.82) is 0 Å². The molecule has 3 N–H and O–H groups in total. The normalized spacial score (nSPS) is 10.6. The number of hydrogen-bond donors (Lipinski definition) is 2. The Bertz CT molecular complexity index is 662. The van der Waals surface area contributed by atoms with Crippen molar-refractivity contribution >= 4 is 29.6 Å². The van der Waals surface area contributed by atoms with E-state index in [4.69, 9.17) is 22.1 Å². The van der Waals surface area contributed by atoms with Gasteiger partial charge in [-0.25, -0.2) is 14.8 Å². The summed E-state index contributed by atoms with van der Waals surface area (Å²) in [6, 6.07) is 9.45. The molecule has 7 heteroatoms. The number of nitrogen functional groups attached to an aromatic ring is 1. The molecule has 2 rings (SSSR count). The van der Waals surface area contributed by atoms with Crippen molar-refractivity contribution in [2.24, 2.45) is 0 Å². The van der Waals surface area contributed by atoms with Gasteiger partial charge < -0.3 is 15.8 Å². The number of hydrogen-bond acceptors (Lipinski definition) is 5. The van der Waals surface area contributed by atoms with E-state index in [1.54, 1.807) is 12.2 Å². The van der Waals surface area contributed by atoms with Crippen molar-refractivity contribution in [2.45, 2.75) is 6.61 Å². The summed E-state index contributed by atoms with van der Waals surface area (Å²) in [4.78, 5) is 19.4. The summed E-state index contributed by atoms with van der Waals surface area (Å²) in [6.45, 7) is 0.534. The van der Waals surface area contributed by atoms with Gasteiger partial charge in [0.15, 0.2) is 11.0 Å². The maximum atomic E-state index is 11.5. The van der Waals surface area contributed by atoms with Gasteiger partial charge in [0.1, 0.15) is 6.61 Å². The molecule has 0 spiro atoms. The fraction of sp³-hybridized carbons (Fsp3) is 0.133. The lowest BCUT2D eigenvalue weighted by Crippen LogP contribution is -2.24. The Balaban J connectivity index is 1.72. The summed E-state index contributed by atoms with van der Waals surface area (Å²) in [6.07, 6.45) is 4.39. The number of halogens is 1. The lowest BCUT2D eigenvalue weighted by Gasteiger charge is -2.05. The van der Waals surface area contributed by atoms with E-state index in [1.807, 2.05) is 30.3 Å². The summed E-state index contributed by atoms with van der Waals surface area (Å²) in [5.41, 5.74) is 6.95. The SMILES string of the molecule is Nc1ncc(C=CCNC(=O)OCc2ccccc2)nc1Cl. The third-order valence-corrected chi connectivity index (χ3v) is 2.92. The quantitative estimate of drug-likeness (QED) is 0.884. The van der Waals surface area contributed by atoms with Gasteiger partial charge in [0.05, 0.1) is 11.9 Å². The molecule has 0 bridgehead atoms. The average Bonchev–Trinajstić information content (AvgIpc) is 2.54. The number of amides is 1. The third kappa shape index (κ3) is 5.06. The maximum absolute atomic E-state index is 11.5. The van der Waals surface area contributed by atoms with Crippen LogP contribution in [0.25, 0.3) is 6.08 Å². The molecule has 1 aromatic carbocycles. The number of carbonyl (C=O) groups excluding carboxylic acids is 1. The van der Waals surface area contributed by atoms with E-state index < -0.39 is 6.09 Å². The average molecular weight is 319 g/mol. The van der Waals surface area contributed by atoms with Crippen LogP contribution < -0.4 is 11.1 Å².